The summed E-state index contributed by atoms with van der Waals surface area (Å²) in [7, 11) is 4.54. The van der Waals surface area contributed by atoms with Crippen LogP contribution in [0.2, 0.25) is 0 Å². The molecular formula is C13H17NO5. The summed E-state index contributed by atoms with van der Waals surface area (Å²) in [6, 6.07) is 6.46. The zero-order valence-corrected chi connectivity index (χ0v) is 11.2. The summed E-state index contributed by atoms with van der Waals surface area (Å²) in [5.74, 6) is 0.544. The number of nitro benzene ring substituents is 1. The van der Waals surface area contributed by atoms with Crippen molar-refractivity contribution in [1.29, 1.82) is 0 Å². The SMILES string of the molecule is CO/C(=C\c1ccccc1[N+](=O)[O-])CC(OC)OC. The Morgan fingerprint density at radius 3 is 2.47 bits per heavy atom. The number of methoxy groups -OCH3 is 3. The molecule has 0 aromatic heterocycles. The lowest BCUT2D eigenvalue weighted by Crippen LogP contribution is -2.14. The van der Waals surface area contributed by atoms with E-state index in [-0.39, 0.29) is 5.69 Å². The monoisotopic (exact) mass is 267 g/mol. The van der Waals surface area contributed by atoms with Crippen LogP contribution in [0.1, 0.15) is 12.0 Å². The van der Waals surface area contributed by atoms with Gasteiger partial charge in [0.05, 0.1) is 24.0 Å². The van der Waals surface area contributed by atoms with Crippen molar-refractivity contribution in [3.05, 3.63) is 45.7 Å². The molecule has 104 valence electrons. The summed E-state index contributed by atoms with van der Waals surface area (Å²) < 4.78 is 15.3. The van der Waals surface area contributed by atoms with Crippen LogP contribution in [-0.4, -0.2) is 32.5 Å². The van der Waals surface area contributed by atoms with E-state index < -0.39 is 11.2 Å². The number of para-hydroxylation sites is 1. The van der Waals surface area contributed by atoms with Crippen LogP contribution in [0.3, 0.4) is 0 Å². The Labute approximate surface area is 111 Å². The molecule has 0 amide bonds. The summed E-state index contributed by atoms with van der Waals surface area (Å²) in [6.07, 6.45) is 1.53. The van der Waals surface area contributed by atoms with E-state index in [1.165, 1.54) is 27.4 Å². The van der Waals surface area contributed by atoms with E-state index >= 15 is 0 Å². The van der Waals surface area contributed by atoms with E-state index in [0.29, 0.717) is 17.7 Å². The highest BCUT2D eigenvalue weighted by atomic mass is 16.7. The molecule has 0 aliphatic carbocycles. The molecule has 0 N–H and O–H groups in total. The fraction of sp³-hybridized carbons (Fsp3) is 0.385. The quantitative estimate of drug-likeness (QED) is 0.328. The number of nitro groups is 1. The molecule has 0 atom stereocenters. The number of ether oxygens (including phenoxy) is 3. The zero-order valence-electron chi connectivity index (χ0n) is 11.2. The topological polar surface area (TPSA) is 70.8 Å². The lowest BCUT2D eigenvalue weighted by molar-refractivity contribution is -0.385. The summed E-state index contributed by atoms with van der Waals surface area (Å²) in [5, 5.41) is 10.9. The molecule has 0 spiro atoms. The van der Waals surface area contributed by atoms with Gasteiger partial charge >= 0.3 is 0 Å². The first kappa shape index (κ1) is 15.1. The van der Waals surface area contributed by atoms with E-state index in [9.17, 15) is 10.1 Å². The lowest BCUT2D eigenvalue weighted by atomic mass is 10.1. The van der Waals surface area contributed by atoms with Crippen molar-refractivity contribution in [2.45, 2.75) is 12.7 Å². The van der Waals surface area contributed by atoms with Crippen LogP contribution < -0.4 is 0 Å². The van der Waals surface area contributed by atoms with Gasteiger partial charge < -0.3 is 14.2 Å². The largest absolute Gasteiger partial charge is 0.501 e. The average molecular weight is 267 g/mol. The summed E-state index contributed by atoms with van der Waals surface area (Å²) >= 11 is 0. The number of rotatable bonds is 7. The number of benzene rings is 1. The van der Waals surface area contributed by atoms with Gasteiger partial charge in [-0.1, -0.05) is 12.1 Å². The van der Waals surface area contributed by atoms with Crippen molar-refractivity contribution in [2.75, 3.05) is 21.3 Å². The van der Waals surface area contributed by atoms with Gasteiger partial charge in [-0.2, -0.15) is 0 Å². The van der Waals surface area contributed by atoms with E-state index in [0.717, 1.165) is 0 Å². The Hall–Kier alpha value is -1.92. The maximum Gasteiger partial charge on any atom is 0.276 e. The molecule has 1 aromatic rings. The smallest absolute Gasteiger partial charge is 0.276 e. The summed E-state index contributed by atoms with van der Waals surface area (Å²) in [6.45, 7) is 0. The first-order valence-corrected chi connectivity index (χ1v) is 5.66. The molecule has 0 saturated heterocycles. The number of hydrogen-bond donors (Lipinski definition) is 0. The Morgan fingerprint density at radius 2 is 1.95 bits per heavy atom. The van der Waals surface area contributed by atoms with Gasteiger partial charge in [-0.3, -0.25) is 10.1 Å². The highest BCUT2D eigenvalue weighted by Gasteiger charge is 2.14. The lowest BCUT2D eigenvalue weighted by Gasteiger charge is -2.14. The van der Waals surface area contributed by atoms with Crippen molar-refractivity contribution in [2.24, 2.45) is 0 Å². The minimum Gasteiger partial charge on any atom is -0.501 e. The van der Waals surface area contributed by atoms with E-state index in [4.69, 9.17) is 14.2 Å². The standard InChI is InChI=1S/C13H17NO5/c1-17-11(9-13(18-2)19-3)8-10-6-4-5-7-12(10)14(15)16/h4-8,13H,9H2,1-3H3/b11-8-. The molecule has 6 nitrogen and oxygen atoms in total. The highest BCUT2D eigenvalue weighted by Crippen LogP contribution is 2.22. The van der Waals surface area contributed by atoms with Gasteiger partial charge in [-0.05, 0) is 12.1 Å². The predicted octanol–water partition coefficient (Wildman–Crippen LogP) is 2.59. The Kier molecular flexibility index (Phi) is 5.98. The molecule has 0 saturated carbocycles. The van der Waals surface area contributed by atoms with Gasteiger partial charge in [0.15, 0.2) is 6.29 Å². The minimum atomic E-state index is -0.450. The average Bonchev–Trinajstić information content (AvgIpc) is 2.43. The van der Waals surface area contributed by atoms with Gasteiger partial charge in [0, 0.05) is 20.3 Å². The van der Waals surface area contributed by atoms with Gasteiger partial charge in [-0.15, -0.1) is 0 Å². The van der Waals surface area contributed by atoms with Crippen molar-refractivity contribution in [3.8, 4) is 0 Å². The molecular weight excluding hydrogens is 250 g/mol. The molecule has 0 aliphatic heterocycles. The van der Waals surface area contributed by atoms with Crippen LogP contribution in [-0.2, 0) is 14.2 Å². The normalized spacial score (nSPS) is 11.7. The van der Waals surface area contributed by atoms with E-state index in [1.807, 2.05) is 0 Å². The van der Waals surface area contributed by atoms with Crippen LogP contribution in [0.5, 0.6) is 0 Å². The Balaban J connectivity index is 3.00. The molecule has 0 aliphatic rings. The Morgan fingerprint density at radius 1 is 1.32 bits per heavy atom. The third kappa shape index (κ3) is 4.35. The van der Waals surface area contributed by atoms with Crippen LogP contribution in [0.15, 0.2) is 30.0 Å². The molecule has 6 heteroatoms. The second-order valence-corrected chi connectivity index (χ2v) is 3.74. The van der Waals surface area contributed by atoms with Crippen molar-refractivity contribution < 1.29 is 19.1 Å². The highest BCUT2D eigenvalue weighted by molar-refractivity contribution is 5.61. The summed E-state index contributed by atoms with van der Waals surface area (Å²) in [5.41, 5.74) is 0.513. The molecule has 0 radical (unpaired) electrons. The predicted molar refractivity (Wildman–Crippen MR) is 70.5 cm³/mol. The zero-order chi connectivity index (χ0) is 14.3. The van der Waals surface area contributed by atoms with E-state index in [1.54, 1.807) is 24.3 Å². The fourth-order valence-corrected chi connectivity index (χ4v) is 1.58. The molecule has 19 heavy (non-hydrogen) atoms. The van der Waals surface area contributed by atoms with Gasteiger partial charge in [0.25, 0.3) is 5.69 Å². The third-order valence-corrected chi connectivity index (χ3v) is 2.61. The molecule has 0 fully saturated rings. The second-order valence-electron chi connectivity index (χ2n) is 3.74. The fourth-order valence-electron chi connectivity index (χ4n) is 1.58. The number of hydrogen-bond acceptors (Lipinski definition) is 5. The first-order valence-electron chi connectivity index (χ1n) is 5.66. The van der Waals surface area contributed by atoms with E-state index in [2.05, 4.69) is 0 Å². The third-order valence-electron chi connectivity index (χ3n) is 2.61. The van der Waals surface area contributed by atoms with Crippen LogP contribution in [0, 0.1) is 10.1 Å². The molecule has 1 aromatic carbocycles. The minimum absolute atomic E-state index is 0.0310. The van der Waals surface area contributed by atoms with Crippen LogP contribution >= 0.6 is 0 Å². The van der Waals surface area contributed by atoms with Crippen molar-refractivity contribution >= 4 is 11.8 Å². The maximum atomic E-state index is 10.9. The summed E-state index contributed by atoms with van der Waals surface area (Å²) in [4.78, 5) is 10.5. The van der Waals surface area contributed by atoms with Crippen LogP contribution in [0.4, 0.5) is 5.69 Å². The molecule has 1 rings (SSSR count). The molecule has 0 unspecified atom stereocenters. The van der Waals surface area contributed by atoms with Gasteiger partial charge in [0.1, 0.15) is 5.76 Å². The van der Waals surface area contributed by atoms with Crippen LogP contribution in [0.25, 0.3) is 6.08 Å². The molecule has 0 heterocycles. The molecule has 0 bridgehead atoms. The van der Waals surface area contributed by atoms with Gasteiger partial charge in [0.2, 0.25) is 0 Å². The van der Waals surface area contributed by atoms with Gasteiger partial charge in [-0.25, -0.2) is 0 Å². The van der Waals surface area contributed by atoms with Crippen molar-refractivity contribution in [1.82, 2.24) is 0 Å². The van der Waals surface area contributed by atoms with Crippen molar-refractivity contribution in [3.63, 3.8) is 0 Å². The Bertz CT molecular complexity index is 454. The number of nitrogens with zero attached hydrogens (tertiary/aromatic N) is 1. The first-order chi connectivity index (χ1) is 9.12. The second kappa shape index (κ2) is 7.50. The maximum absolute atomic E-state index is 10.9.